The quantitative estimate of drug-likeness (QED) is 0.360. The molecule has 0 aliphatic rings. The number of thiazole rings is 1. The van der Waals surface area contributed by atoms with E-state index in [0.717, 1.165) is 10.4 Å². The number of ether oxygens (including phenoxy) is 2. The van der Waals surface area contributed by atoms with E-state index in [1.165, 1.54) is 30.8 Å². The van der Waals surface area contributed by atoms with E-state index in [1.807, 2.05) is 0 Å². The lowest BCUT2D eigenvalue weighted by Gasteiger charge is -2.15. The van der Waals surface area contributed by atoms with Gasteiger partial charge in [-0.25, -0.2) is 28.7 Å². The number of hydrogen-bond acceptors (Lipinski definition) is 8. The molecule has 172 valence electrons. The average molecular weight is 483 g/mol. The van der Waals surface area contributed by atoms with E-state index < -0.39 is 29.3 Å². The Morgan fingerprint density at radius 3 is 2.64 bits per heavy atom. The van der Waals surface area contributed by atoms with Crippen LogP contribution in [0.1, 0.15) is 11.3 Å². The summed E-state index contributed by atoms with van der Waals surface area (Å²) in [4.78, 5) is 16.0. The fourth-order valence-electron chi connectivity index (χ4n) is 2.95. The molecule has 0 radical (unpaired) electrons. The molecule has 1 aromatic carbocycles. The van der Waals surface area contributed by atoms with Crippen LogP contribution in [-0.4, -0.2) is 33.6 Å². The van der Waals surface area contributed by atoms with Gasteiger partial charge in [-0.15, -0.1) is 11.3 Å². The molecule has 3 aromatic heterocycles. The van der Waals surface area contributed by atoms with E-state index in [2.05, 4.69) is 25.3 Å². The molecule has 7 nitrogen and oxygen atoms in total. The third kappa shape index (κ3) is 4.77. The van der Waals surface area contributed by atoms with E-state index in [-0.39, 0.29) is 17.7 Å². The molecule has 1 N–H and O–H groups in total. The topological polar surface area (TPSA) is 82.0 Å². The van der Waals surface area contributed by atoms with Crippen LogP contribution in [0.2, 0.25) is 0 Å². The number of alkyl halides is 3. The Balaban J connectivity index is 1.50. The Hall–Kier alpha value is -3.61. The first kappa shape index (κ1) is 22.6. The number of fused-ring (bicyclic) bond motifs is 1. The maximum Gasteiger partial charge on any atom is 0.436 e. The molecule has 0 fully saturated rings. The lowest BCUT2D eigenvalue weighted by molar-refractivity contribution is -0.143. The first-order valence-corrected chi connectivity index (χ1v) is 10.2. The van der Waals surface area contributed by atoms with Crippen molar-refractivity contribution in [1.29, 1.82) is 0 Å². The summed E-state index contributed by atoms with van der Waals surface area (Å²) in [6.07, 6.45) is -2.92. The number of pyridine rings is 1. The number of nitrogens with one attached hydrogen (secondary N) is 1. The molecule has 3 heterocycles. The second kappa shape index (κ2) is 9.10. The van der Waals surface area contributed by atoms with Crippen LogP contribution < -0.4 is 14.8 Å². The molecule has 0 unspecified atom stereocenters. The van der Waals surface area contributed by atoms with Gasteiger partial charge in [-0.2, -0.15) is 13.2 Å². The lowest BCUT2D eigenvalue weighted by Crippen LogP contribution is -2.13. The third-order valence-electron chi connectivity index (χ3n) is 4.48. The van der Waals surface area contributed by atoms with Crippen LogP contribution in [0.15, 0.2) is 36.2 Å². The van der Waals surface area contributed by atoms with Crippen molar-refractivity contribution in [2.75, 3.05) is 19.0 Å². The summed E-state index contributed by atoms with van der Waals surface area (Å²) in [5, 5.41) is 3.16. The van der Waals surface area contributed by atoms with Crippen LogP contribution >= 0.6 is 11.3 Å². The van der Waals surface area contributed by atoms with Gasteiger partial charge in [0.05, 0.1) is 18.8 Å². The average Bonchev–Trinajstić information content (AvgIpc) is 3.26. The lowest BCUT2D eigenvalue weighted by atomic mass is 10.1. The molecular formula is C20H14F5N5O2S. The van der Waals surface area contributed by atoms with Crippen LogP contribution in [0.3, 0.4) is 0 Å². The number of anilines is 1. The highest BCUT2D eigenvalue weighted by Gasteiger charge is 2.38. The number of aromatic nitrogens is 4. The predicted octanol–water partition coefficient (Wildman–Crippen LogP) is 5.23. The van der Waals surface area contributed by atoms with Gasteiger partial charge in [-0.1, -0.05) is 6.07 Å². The molecule has 4 aromatic rings. The maximum atomic E-state index is 14.2. The molecule has 0 bridgehead atoms. The second-order valence-corrected chi connectivity index (χ2v) is 7.42. The van der Waals surface area contributed by atoms with Gasteiger partial charge in [0.1, 0.15) is 16.7 Å². The van der Waals surface area contributed by atoms with Gasteiger partial charge in [0, 0.05) is 6.54 Å². The predicted molar refractivity (Wildman–Crippen MR) is 110 cm³/mol. The largest absolute Gasteiger partial charge is 0.493 e. The second-order valence-electron chi connectivity index (χ2n) is 6.59. The third-order valence-corrected chi connectivity index (χ3v) is 5.21. The highest BCUT2D eigenvalue weighted by Crippen LogP contribution is 2.39. The SMILES string of the molecule is COc1cc(CCNc2ncnc3scnc23)ccc1Oc1c(F)cnc(C(F)(F)F)c1F. The Morgan fingerprint density at radius 1 is 1.06 bits per heavy atom. The van der Waals surface area contributed by atoms with E-state index in [0.29, 0.717) is 24.3 Å². The van der Waals surface area contributed by atoms with Crippen LogP contribution in [0.4, 0.5) is 27.8 Å². The van der Waals surface area contributed by atoms with Gasteiger partial charge in [-0.05, 0) is 24.1 Å². The summed E-state index contributed by atoms with van der Waals surface area (Å²) in [7, 11) is 1.30. The summed E-state index contributed by atoms with van der Waals surface area (Å²) in [5.74, 6) is -4.05. The molecule has 0 aliphatic heterocycles. The van der Waals surface area contributed by atoms with Crippen LogP contribution in [-0.2, 0) is 12.6 Å². The van der Waals surface area contributed by atoms with Crippen molar-refractivity contribution < 1.29 is 31.4 Å². The molecule has 13 heteroatoms. The van der Waals surface area contributed by atoms with Crippen LogP contribution in [0.5, 0.6) is 17.2 Å². The minimum Gasteiger partial charge on any atom is -0.493 e. The minimum absolute atomic E-state index is 0.0839. The summed E-state index contributed by atoms with van der Waals surface area (Å²) >= 11 is 1.39. The molecular weight excluding hydrogens is 469 g/mol. The summed E-state index contributed by atoms with van der Waals surface area (Å²) in [5.41, 5.74) is 1.21. The standard InChI is InChI=1S/C20H14F5N5O2S/c1-31-13-6-10(4-5-26-18-15-19(29-8-28-18)33-9-30-15)2-3-12(13)32-16-11(21)7-27-17(14(16)22)20(23,24)25/h2-3,6-9H,4-5H2,1H3,(H,26,28,29). The van der Waals surface area contributed by atoms with Crippen molar-refractivity contribution in [2.24, 2.45) is 0 Å². The fraction of sp³-hybridized carbons (Fsp3) is 0.200. The van der Waals surface area contributed by atoms with Crippen molar-refractivity contribution in [1.82, 2.24) is 19.9 Å². The summed E-state index contributed by atoms with van der Waals surface area (Å²) in [6, 6.07) is 4.50. The Kier molecular flexibility index (Phi) is 6.22. The zero-order chi connectivity index (χ0) is 23.6. The van der Waals surface area contributed by atoms with Gasteiger partial charge < -0.3 is 14.8 Å². The Labute approximate surface area is 187 Å². The molecule has 4 rings (SSSR count). The minimum atomic E-state index is -5.11. The first-order chi connectivity index (χ1) is 15.8. The summed E-state index contributed by atoms with van der Waals surface area (Å²) in [6.45, 7) is 0.468. The van der Waals surface area contributed by atoms with Gasteiger partial charge in [0.25, 0.3) is 0 Å². The van der Waals surface area contributed by atoms with Crippen molar-refractivity contribution in [2.45, 2.75) is 12.6 Å². The highest BCUT2D eigenvalue weighted by molar-refractivity contribution is 7.16. The van der Waals surface area contributed by atoms with Crippen LogP contribution in [0.25, 0.3) is 10.3 Å². The smallest absolute Gasteiger partial charge is 0.436 e. The molecule has 0 saturated heterocycles. The molecule has 0 saturated carbocycles. The normalized spacial score (nSPS) is 11.6. The van der Waals surface area contributed by atoms with E-state index in [9.17, 15) is 22.0 Å². The van der Waals surface area contributed by atoms with E-state index in [4.69, 9.17) is 9.47 Å². The molecule has 33 heavy (non-hydrogen) atoms. The van der Waals surface area contributed by atoms with Crippen molar-refractivity contribution in [3.05, 3.63) is 59.1 Å². The summed E-state index contributed by atoms with van der Waals surface area (Å²) < 4.78 is 77.2. The maximum absolute atomic E-state index is 14.2. The monoisotopic (exact) mass is 483 g/mol. The van der Waals surface area contributed by atoms with Crippen LogP contribution in [0, 0.1) is 11.6 Å². The fourth-order valence-corrected chi connectivity index (χ4v) is 3.58. The number of halogens is 5. The first-order valence-electron chi connectivity index (χ1n) is 9.32. The molecule has 0 atom stereocenters. The molecule has 0 amide bonds. The van der Waals surface area contributed by atoms with Gasteiger partial charge in [0.15, 0.2) is 34.6 Å². The molecule has 0 spiro atoms. The number of methoxy groups -OCH3 is 1. The number of rotatable bonds is 7. The van der Waals surface area contributed by atoms with Crippen molar-refractivity contribution in [3.63, 3.8) is 0 Å². The Bertz CT molecular complexity index is 1300. The van der Waals surface area contributed by atoms with E-state index in [1.54, 1.807) is 17.6 Å². The zero-order valence-electron chi connectivity index (χ0n) is 16.8. The van der Waals surface area contributed by atoms with Gasteiger partial charge >= 0.3 is 6.18 Å². The van der Waals surface area contributed by atoms with Crippen molar-refractivity contribution in [3.8, 4) is 17.2 Å². The highest BCUT2D eigenvalue weighted by atomic mass is 32.1. The van der Waals surface area contributed by atoms with Gasteiger partial charge in [0.2, 0.25) is 5.75 Å². The number of hydrogen-bond donors (Lipinski definition) is 1. The Morgan fingerprint density at radius 2 is 1.88 bits per heavy atom. The van der Waals surface area contributed by atoms with E-state index >= 15 is 0 Å². The molecule has 0 aliphatic carbocycles. The zero-order valence-corrected chi connectivity index (χ0v) is 17.6. The number of benzene rings is 1. The van der Waals surface area contributed by atoms with Crippen molar-refractivity contribution >= 4 is 27.5 Å². The number of nitrogens with zero attached hydrogens (tertiary/aromatic N) is 4. The van der Waals surface area contributed by atoms with Gasteiger partial charge in [-0.3, -0.25) is 0 Å².